The SMILES string of the molecule is [O-][n+]1ccccc1C1(O)CCCOc2ccccc21. The molecule has 19 heavy (non-hydrogen) atoms. The van der Waals surface area contributed by atoms with Gasteiger partial charge in [-0.25, -0.2) is 0 Å². The number of benzene rings is 1. The fraction of sp³-hybridized carbons (Fsp3) is 0.267. The number of aliphatic hydroxyl groups is 1. The molecule has 0 amide bonds. The van der Waals surface area contributed by atoms with Crippen molar-refractivity contribution in [3.8, 4) is 5.75 Å². The molecule has 2 heterocycles. The highest BCUT2D eigenvalue weighted by Gasteiger charge is 2.41. The molecular formula is C15H15NO3. The van der Waals surface area contributed by atoms with E-state index in [4.69, 9.17) is 4.74 Å². The summed E-state index contributed by atoms with van der Waals surface area (Å²) in [5, 5.41) is 23.0. The summed E-state index contributed by atoms with van der Waals surface area (Å²) in [5.74, 6) is 0.645. The van der Waals surface area contributed by atoms with Crippen LogP contribution in [0.25, 0.3) is 0 Å². The Kier molecular flexibility index (Phi) is 2.87. The lowest BCUT2D eigenvalue weighted by molar-refractivity contribution is -0.621. The summed E-state index contributed by atoms with van der Waals surface area (Å²) in [7, 11) is 0. The molecule has 4 nitrogen and oxygen atoms in total. The van der Waals surface area contributed by atoms with Crippen molar-refractivity contribution in [1.29, 1.82) is 0 Å². The highest BCUT2D eigenvalue weighted by molar-refractivity contribution is 5.42. The van der Waals surface area contributed by atoms with Crippen molar-refractivity contribution in [2.45, 2.75) is 18.4 Å². The van der Waals surface area contributed by atoms with Gasteiger partial charge in [-0.2, -0.15) is 4.73 Å². The van der Waals surface area contributed by atoms with Crippen LogP contribution in [0.3, 0.4) is 0 Å². The summed E-state index contributed by atoms with van der Waals surface area (Å²) < 4.78 is 6.36. The van der Waals surface area contributed by atoms with Gasteiger partial charge in [0.25, 0.3) is 0 Å². The monoisotopic (exact) mass is 257 g/mol. The summed E-state index contributed by atoms with van der Waals surface area (Å²) in [6, 6.07) is 12.4. The second-order valence-corrected chi connectivity index (χ2v) is 4.72. The first-order valence-electron chi connectivity index (χ1n) is 6.35. The molecule has 1 aliphatic heterocycles. The van der Waals surface area contributed by atoms with Gasteiger partial charge in [0.2, 0.25) is 5.69 Å². The van der Waals surface area contributed by atoms with E-state index >= 15 is 0 Å². The predicted octanol–water partition coefficient (Wildman–Crippen LogP) is 1.73. The van der Waals surface area contributed by atoms with E-state index in [1.807, 2.05) is 24.3 Å². The van der Waals surface area contributed by atoms with Gasteiger partial charge in [-0.3, -0.25) is 0 Å². The Bertz CT molecular complexity index is 599. The maximum atomic E-state index is 12.0. The van der Waals surface area contributed by atoms with E-state index in [1.54, 1.807) is 18.2 Å². The molecule has 0 bridgehead atoms. The molecule has 1 aromatic heterocycles. The van der Waals surface area contributed by atoms with E-state index in [1.165, 1.54) is 6.20 Å². The van der Waals surface area contributed by atoms with Gasteiger partial charge in [0.15, 0.2) is 11.8 Å². The predicted molar refractivity (Wildman–Crippen MR) is 69.6 cm³/mol. The zero-order valence-electron chi connectivity index (χ0n) is 10.5. The first kappa shape index (κ1) is 12.0. The molecule has 1 aromatic carbocycles. The van der Waals surface area contributed by atoms with Crippen LogP contribution in [0.5, 0.6) is 5.75 Å². The molecule has 0 spiro atoms. The third-order valence-corrected chi connectivity index (χ3v) is 3.52. The van der Waals surface area contributed by atoms with Gasteiger partial charge in [-0.1, -0.05) is 18.2 Å². The van der Waals surface area contributed by atoms with Crippen molar-refractivity contribution in [2.24, 2.45) is 0 Å². The topological polar surface area (TPSA) is 56.4 Å². The van der Waals surface area contributed by atoms with Crippen LogP contribution in [-0.4, -0.2) is 11.7 Å². The minimum Gasteiger partial charge on any atom is -0.618 e. The van der Waals surface area contributed by atoms with E-state index in [-0.39, 0.29) is 0 Å². The Morgan fingerprint density at radius 1 is 1.16 bits per heavy atom. The minimum absolute atomic E-state index is 0.341. The van der Waals surface area contributed by atoms with Crippen LogP contribution < -0.4 is 9.47 Å². The van der Waals surface area contributed by atoms with Crippen molar-refractivity contribution in [1.82, 2.24) is 0 Å². The van der Waals surface area contributed by atoms with Gasteiger partial charge in [-0.05, 0) is 25.0 Å². The number of aromatic nitrogens is 1. The summed E-state index contributed by atoms with van der Waals surface area (Å²) in [6.45, 7) is 0.547. The van der Waals surface area contributed by atoms with Crippen molar-refractivity contribution in [3.05, 3.63) is 65.1 Å². The zero-order valence-corrected chi connectivity index (χ0v) is 10.5. The molecule has 1 N–H and O–H groups in total. The fourth-order valence-corrected chi connectivity index (χ4v) is 2.59. The van der Waals surface area contributed by atoms with Crippen LogP contribution in [0.15, 0.2) is 48.7 Å². The molecule has 98 valence electrons. The molecule has 0 fully saturated rings. The summed E-state index contributed by atoms with van der Waals surface area (Å²) in [6.07, 6.45) is 2.57. The van der Waals surface area contributed by atoms with E-state index in [2.05, 4.69) is 0 Å². The average Bonchev–Trinajstić information content (AvgIpc) is 2.60. The van der Waals surface area contributed by atoms with E-state index in [9.17, 15) is 10.3 Å². The van der Waals surface area contributed by atoms with Crippen LogP contribution in [0.4, 0.5) is 0 Å². The van der Waals surface area contributed by atoms with Crippen molar-refractivity contribution < 1.29 is 14.6 Å². The fourth-order valence-electron chi connectivity index (χ4n) is 2.59. The third-order valence-electron chi connectivity index (χ3n) is 3.52. The van der Waals surface area contributed by atoms with Crippen LogP contribution in [0.1, 0.15) is 24.1 Å². The molecule has 0 radical (unpaired) electrons. The second-order valence-electron chi connectivity index (χ2n) is 4.72. The number of para-hydroxylation sites is 1. The van der Waals surface area contributed by atoms with Crippen molar-refractivity contribution >= 4 is 0 Å². The number of hydrogen-bond donors (Lipinski definition) is 1. The van der Waals surface area contributed by atoms with Gasteiger partial charge in [0, 0.05) is 17.7 Å². The molecule has 0 aliphatic carbocycles. The average molecular weight is 257 g/mol. The van der Waals surface area contributed by atoms with Crippen LogP contribution in [-0.2, 0) is 5.60 Å². The number of rotatable bonds is 1. The number of ether oxygens (including phenoxy) is 1. The van der Waals surface area contributed by atoms with Crippen LogP contribution in [0, 0.1) is 5.21 Å². The summed E-state index contributed by atoms with van der Waals surface area (Å²) in [5.41, 5.74) is -0.299. The summed E-state index contributed by atoms with van der Waals surface area (Å²) in [4.78, 5) is 0. The third kappa shape index (κ3) is 1.94. The Labute approximate surface area is 111 Å². The lowest BCUT2D eigenvalue weighted by atomic mass is 9.85. The normalized spacial score (nSPS) is 22.2. The molecule has 3 rings (SSSR count). The van der Waals surface area contributed by atoms with Gasteiger partial charge in [0.05, 0.1) is 6.61 Å². The van der Waals surface area contributed by atoms with Crippen LogP contribution >= 0.6 is 0 Å². The number of pyridine rings is 1. The van der Waals surface area contributed by atoms with Crippen molar-refractivity contribution in [3.63, 3.8) is 0 Å². The summed E-state index contributed by atoms with van der Waals surface area (Å²) >= 11 is 0. The largest absolute Gasteiger partial charge is 0.618 e. The Balaban J connectivity index is 2.20. The van der Waals surface area contributed by atoms with Gasteiger partial charge in [0.1, 0.15) is 5.75 Å². The quantitative estimate of drug-likeness (QED) is 0.625. The van der Waals surface area contributed by atoms with E-state index < -0.39 is 5.60 Å². The minimum atomic E-state index is -1.30. The Hall–Kier alpha value is -2.07. The number of nitrogens with zero attached hydrogens (tertiary/aromatic N) is 1. The lowest BCUT2D eigenvalue weighted by Gasteiger charge is -2.25. The maximum Gasteiger partial charge on any atom is 0.229 e. The molecule has 1 aliphatic rings. The molecule has 4 heteroatoms. The zero-order chi connectivity index (χ0) is 13.3. The second kappa shape index (κ2) is 4.55. The Morgan fingerprint density at radius 3 is 2.79 bits per heavy atom. The molecule has 1 atom stereocenters. The highest BCUT2D eigenvalue weighted by atomic mass is 16.5. The van der Waals surface area contributed by atoms with Crippen molar-refractivity contribution in [2.75, 3.05) is 6.61 Å². The molecule has 0 saturated carbocycles. The first-order valence-corrected chi connectivity index (χ1v) is 6.35. The smallest absolute Gasteiger partial charge is 0.229 e. The molecule has 2 aromatic rings. The Morgan fingerprint density at radius 2 is 1.95 bits per heavy atom. The lowest BCUT2D eigenvalue weighted by Crippen LogP contribution is -2.42. The van der Waals surface area contributed by atoms with Crippen LogP contribution in [0.2, 0.25) is 0 Å². The molecular weight excluding hydrogens is 242 g/mol. The van der Waals surface area contributed by atoms with Gasteiger partial charge < -0.3 is 15.1 Å². The number of fused-ring (bicyclic) bond motifs is 1. The van der Waals surface area contributed by atoms with Gasteiger partial charge in [-0.15, -0.1) is 0 Å². The number of hydrogen-bond acceptors (Lipinski definition) is 3. The van der Waals surface area contributed by atoms with E-state index in [0.717, 1.165) is 4.73 Å². The molecule has 0 saturated heterocycles. The standard InChI is InChI=1S/C15H15NO3/c17-15(14-8-3-4-10-16(14)18)9-5-11-19-13-7-2-1-6-12(13)15/h1-4,6-8,10,17H,5,9,11H2. The first-order chi connectivity index (χ1) is 9.22. The van der Waals surface area contributed by atoms with E-state index in [0.29, 0.717) is 36.5 Å². The van der Waals surface area contributed by atoms with Gasteiger partial charge >= 0.3 is 0 Å². The maximum absolute atomic E-state index is 12.0. The molecule has 1 unspecified atom stereocenters. The highest BCUT2D eigenvalue weighted by Crippen LogP contribution is 2.39.